The standard InChI is InChI=1S/C10H17NO5S/c1-8-7-9(10(12)13)3-5-11(8)4-2-6-17(14,15)16/h9H,2-7H2,1H3,(H-,12,13,14,15,16)/p+1. The molecule has 0 saturated heterocycles. The normalized spacial score (nSPS) is 21.6. The number of carboxylic acids is 1. The molecule has 0 radical (unpaired) electrons. The Hall–Kier alpha value is -0.950. The quantitative estimate of drug-likeness (QED) is 0.547. The summed E-state index contributed by atoms with van der Waals surface area (Å²) < 4.78 is 31.7. The zero-order chi connectivity index (χ0) is 13.1. The van der Waals surface area contributed by atoms with Crippen LogP contribution in [-0.4, -0.2) is 53.2 Å². The molecule has 0 amide bonds. The summed E-state index contributed by atoms with van der Waals surface area (Å²) in [7, 11) is -3.90. The van der Waals surface area contributed by atoms with Crippen molar-refractivity contribution in [2.24, 2.45) is 5.92 Å². The van der Waals surface area contributed by atoms with Crippen LogP contribution in [0.3, 0.4) is 0 Å². The molecule has 0 spiro atoms. The van der Waals surface area contributed by atoms with Crippen LogP contribution in [0, 0.1) is 5.92 Å². The Kier molecular flexibility index (Phi) is 4.64. The van der Waals surface area contributed by atoms with E-state index in [1.165, 1.54) is 0 Å². The first-order valence-electron chi connectivity index (χ1n) is 5.55. The van der Waals surface area contributed by atoms with Gasteiger partial charge in [-0.05, 0) is 0 Å². The first-order chi connectivity index (χ1) is 7.79. The van der Waals surface area contributed by atoms with Gasteiger partial charge >= 0.3 is 5.97 Å². The fourth-order valence-corrected chi connectivity index (χ4v) is 2.54. The first kappa shape index (κ1) is 14.1. The largest absolute Gasteiger partial charge is 0.481 e. The van der Waals surface area contributed by atoms with Crippen molar-refractivity contribution in [3.05, 3.63) is 0 Å². The SMILES string of the molecule is CC1=[N+](CCCS(=O)(=O)O)CCC(C(=O)O)C1. The summed E-state index contributed by atoms with van der Waals surface area (Å²) in [5, 5.41) is 8.88. The van der Waals surface area contributed by atoms with Gasteiger partial charge in [0.25, 0.3) is 10.1 Å². The molecule has 1 unspecified atom stereocenters. The van der Waals surface area contributed by atoms with Gasteiger partial charge < -0.3 is 5.11 Å². The van der Waals surface area contributed by atoms with E-state index in [9.17, 15) is 13.2 Å². The number of hydrogen-bond acceptors (Lipinski definition) is 3. The van der Waals surface area contributed by atoms with Crippen LogP contribution in [0.25, 0.3) is 0 Å². The minimum absolute atomic E-state index is 0.251. The summed E-state index contributed by atoms with van der Waals surface area (Å²) in [5.74, 6) is -1.35. The van der Waals surface area contributed by atoms with Gasteiger partial charge in [-0.1, -0.05) is 0 Å². The fourth-order valence-electron chi connectivity index (χ4n) is 2.04. The number of carbonyl (C=O) groups is 1. The highest BCUT2D eigenvalue weighted by atomic mass is 32.2. The second-order valence-electron chi connectivity index (χ2n) is 4.39. The number of carboxylic acid groups (broad SMARTS) is 1. The molecule has 0 saturated carbocycles. The molecule has 1 aliphatic heterocycles. The molecule has 2 N–H and O–H groups in total. The molecule has 1 atom stereocenters. The zero-order valence-corrected chi connectivity index (χ0v) is 10.6. The maximum atomic E-state index is 10.8. The second kappa shape index (κ2) is 5.59. The van der Waals surface area contributed by atoms with Gasteiger partial charge in [0.1, 0.15) is 18.8 Å². The molecular formula is C10H18NO5S+. The smallest absolute Gasteiger partial charge is 0.307 e. The third-order valence-corrected chi connectivity index (χ3v) is 3.81. The van der Waals surface area contributed by atoms with Crippen molar-refractivity contribution in [1.82, 2.24) is 0 Å². The Labute approximate surface area is 101 Å². The lowest BCUT2D eigenvalue weighted by molar-refractivity contribution is -0.534. The Morgan fingerprint density at radius 1 is 1.53 bits per heavy atom. The monoisotopic (exact) mass is 264 g/mol. The van der Waals surface area contributed by atoms with E-state index in [0.29, 0.717) is 32.4 Å². The fraction of sp³-hybridized carbons (Fsp3) is 0.800. The third-order valence-electron chi connectivity index (χ3n) is 3.01. The molecule has 1 heterocycles. The van der Waals surface area contributed by atoms with Crippen molar-refractivity contribution in [3.63, 3.8) is 0 Å². The number of hydrogen-bond donors (Lipinski definition) is 2. The highest BCUT2D eigenvalue weighted by Crippen LogP contribution is 2.15. The van der Waals surface area contributed by atoms with E-state index in [1.807, 2.05) is 11.5 Å². The molecule has 17 heavy (non-hydrogen) atoms. The van der Waals surface area contributed by atoms with E-state index in [4.69, 9.17) is 9.66 Å². The Bertz CT molecular complexity index is 426. The van der Waals surface area contributed by atoms with Gasteiger partial charge in [-0.3, -0.25) is 9.35 Å². The molecule has 98 valence electrons. The van der Waals surface area contributed by atoms with Crippen LogP contribution in [0.15, 0.2) is 0 Å². The van der Waals surface area contributed by atoms with Gasteiger partial charge in [-0.25, -0.2) is 4.58 Å². The van der Waals surface area contributed by atoms with Crippen LogP contribution in [0.4, 0.5) is 0 Å². The highest BCUT2D eigenvalue weighted by molar-refractivity contribution is 7.85. The predicted molar refractivity (Wildman–Crippen MR) is 62.1 cm³/mol. The van der Waals surface area contributed by atoms with Crippen molar-refractivity contribution in [2.75, 3.05) is 18.8 Å². The molecule has 0 bridgehead atoms. The number of aliphatic carboxylic acids is 1. The van der Waals surface area contributed by atoms with Crippen molar-refractivity contribution >= 4 is 21.8 Å². The van der Waals surface area contributed by atoms with E-state index < -0.39 is 16.1 Å². The van der Waals surface area contributed by atoms with Gasteiger partial charge in [0.15, 0.2) is 0 Å². The third kappa shape index (κ3) is 4.82. The zero-order valence-electron chi connectivity index (χ0n) is 9.79. The lowest BCUT2D eigenvalue weighted by Gasteiger charge is -2.18. The lowest BCUT2D eigenvalue weighted by Crippen LogP contribution is -2.33. The summed E-state index contributed by atoms with van der Waals surface area (Å²) in [4.78, 5) is 10.8. The topological polar surface area (TPSA) is 94.7 Å². The van der Waals surface area contributed by atoms with Crippen molar-refractivity contribution in [2.45, 2.75) is 26.2 Å². The van der Waals surface area contributed by atoms with Crippen LogP contribution in [0.1, 0.15) is 26.2 Å². The van der Waals surface area contributed by atoms with E-state index >= 15 is 0 Å². The summed E-state index contributed by atoms with van der Waals surface area (Å²) in [6, 6.07) is 0. The van der Waals surface area contributed by atoms with Crippen LogP contribution in [0.5, 0.6) is 0 Å². The number of nitrogens with zero attached hydrogens (tertiary/aromatic N) is 1. The first-order valence-corrected chi connectivity index (χ1v) is 7.16. The average Bonchev–Trinajstić information content (AvgIpc) is 2.18. The number of rotatable bonds is 5. The molecule has 0 aliphatic carbocycles. The van der Waals surface area contributed by atoms with Crippen molar-refractivity contribution < 1.29 is 27.4 Å². The summed E-state index contributed by atoms with van der Waals surface area (Å²) in [6.45, 7) is 3.04. The van der Waals surface area contributed by atoms with E-state index in [1.54, 1.807) is 0 Å². The second-order valence-corrected chi connectivity index (χ2v) is 5.96. The van der Waals surface area contributed by atoms with Crippen molar-refractivity contribution in [1.29, 1.82) is 0 Å². The van der Waals surface area contributed by atoms with Gasteiger partial charge in [-0.15, -0.1) is 0 Å². The molecule has 0 aromatic carbocycles. The summed E-state index contributed by atoms with van der Waals surface area (Å²) in [5.41, 5.74) is 0.971. The molecule has 0 aromatic heterocycles. The molecule has 7 heteroatoms. The Balaban J connectivity index is 2.50. The van der Waals surface area contributed by atoms with Crippen LogP contribution in [-0.2, 0) is 14.9 Å². The van der Waals surface area contributed by atoms with Crippen molar-refractivity contribution in [3.8, 4) is 0 Å². The van der Waals surface area contributed by atoms with E-state index in [2.05, 4.69) is 0 Å². The van der Waals surface area contributed by atoms with E-state index in [0.717, 1.165) is 5.71 Å². The molecule has 6 nitrogen and oxygen atoms in total. The van der Waals surface area contributed by atoms with Crippen LogP contribution in [0.2, 0.25) is 0 Å². The predicted octanol–water partition coefficient (Wildman–Crippen LogP) is 0.232. The van der Waals surface area contributed by atoms with Crippen LogP contribution < -0.4 is 0 Å². The molecule has 0 aromatic rings. The molecule has 1 aliphatic rings. The minimum Gasteiger partial charge on any atom is -0.481 e. The Morgan fingerprint density at radius 2 is 2.18 bits per heavy atom. The lowest BCUT2D eigenvalue weighted by atomic mass is 9.95. The van der Waals surface area contributed by atoms with Gasteiger partial charge in [0.2, 0.25) is 0 Å². The highest BCUT2D eigenvalue weighted by Gasteiger charge is 2.28. The van der Waals surface area contributed by atoms with Gasteiger partial charge in [0, 0.05) is 26.2 Å². The summed E-state index contributed by atoms with van der Waals surface area (Å²) in [6.07, 6.45) is 1.45. The van der Waals surface area contributed by atoms with Gasteiger partial charge in [-0.2, -0.15) is 8.42 Å². The van der Waals surface area contributed by atoms with Crippen LogP contribution >= 0.6 is 0 Å². The maximum absolute atomic E-state index is 10.8. The van der Waals surface area contributed by atoms with Gasteiger partial charge in [0.05, 0.1) is 11.7 Å². The maximum Gasteiger partial charge on any atom is 0.307 e. The summed E-state index contributed by atoms with van der Waals surface area (Å²) >= 11 is 0. The van der Waals surface area contributed by atoms with E-state index in [-0.39, 0.29) is 11.7 Å². The Morgan fingerprint density at radius 3 is 2.65 bits per heavy atom. The average molecular weight is 264 g/mol. The molecule has 1 rings (SSSR count). The molecular weight excluding hydrogens is 246 g/mol. The molecule has 0 fully saturated rings. The minimum atomic E-state index is -3.90.